The molecule has 1 saturated heterocycles. The van der Waals surface area contributed by atoms with Crippen molar-refractivity contribution in [2.75, 3.05) is 18.0 Å². The van der Waals surface area contributed by atoms with Crippen molar-refractivity contribution in [3.63, 3.8) is 0 Å². The van der Waals surface area contributed by atoms with Crippen LogP contribution in [0.3, 0.4) is 0 Å². The molecule has 24 heavy (non-hydrogen) atoms. The largest absolute Gasteiger partial charge is 0.352 e. The zero-order valence-electron chi connectivity index (χ0n) is 13.0. The molecule has 0 unspecified atom stereocenters. The van der Waals surface area contributed by atoms with Crippen LogP contribution in [0.5, 0.6) is 0 Å². The lowest BCUT2D eigenvalue weighted by Crippen LogP contribution is -2.27. The molecule has 1 aliphatic rings. The predicted octanol–water partition coefficient (Wildman–Crippen LogP) is 0.616. The number of aromatic nitrogens is 4. The second-order valence-electron chi connectivity index (χ2n) is 6.01. The first-order chi connectivity index (χ1) is 11.6. The lowest BCUT2D eigenvalue weighted by Gasteiger charge is -2.16. The van der Waals surface area contributed by atoms with Gasteiger partial charge >= 0.3 is 5.69 Å². The number of rotatable bonds is 3. The average molecular weight is 328 g/mol. The zero-order valence-corrected chi connectivity index (χ0v) is 13.0. The Morgan fingerprint density at radius 3 is 3.00 bits per heavy atom. The number of anilines is 1. The van der Waals surface area contributed by atoms with E-state index in [0.717, 1.165) is 13.0 Å². The van der Waals surface area contributed by atoms with Gasteiger partial charge in [0.2, 0.25) is 5.65 Å². The first-order valence-electron chi connectivity index (χ1n) is 7.81. The van der Waals surface area contributed by atoms with E-state index >= 15 is 0 Å². The van der Waals surface area contributed by atoms with Crippen LogP contribution in [-0.4, -0.2) is 38.3 Å². The lowest BCUT2D eigenvalue weighted by atomic mass is 10.2. The smallest absolute Gasteiger partial charge is 0.350 e. The maximum Gasteiger partial charge on any atom is 0.350 e. The molecule has 0 spiro atoms. The van der Waals surface area contributed by atoms with Crippen LogP contribution in [0.15, 0.2) is 41.5 Å². The van der Waals surface area contributed by atoms with Gasteiger partial charge in [-0.3, -0.25) is 0 Å². The SMILES string of the molecule is N[C@H]1CCN(c2nccn3c(=O)n(Cc4cccc(F)c4)nc23)C1. The number of fused-ring (bicyclic) bond motifs is 1. The summed E-state index contributed by atoms with van der Waals surface area (Å²) in [5.41, 5.74) is 6.85. The van der Waals surface area contributed by atoms with E-state index < -0.39 is 0 Å². The fourth-order valence-corrected chi connectivity index (χ4v) is 3.05. The van der Waals surface area contributed by atoms with Gasteiger partial charge in [0.1, 0.15) is 5.82 Å². The third-order valence-corrected chi connectivity index (χ3v) is 4.23. The Bertz CT molecular complexity index is 949. The Labute approximate surface area is 137 Å². The van der Waals surface area contributed by atoms with Crippen molar-refractivity contribution in [3.8, 4) is 0 Å². The Hall–Kier alpha value is -2.74. The van der Waals surface area contributed by atoms with Crippen molar-refractivity contribution in [2.24, 2.45) is 5.73 Å². The van der Waals surface area contributed by atoms with Crippen molar-refractivity contribution < 1.29 is 4.39 Å². The first kappa shape index (κ1) is 14.8. The highest BCUT2D eigenvalue weighted by molar-refractivity contribution is 5.63. The Morgan fingerprint density at radius 2 is 2.25 bits per heavy atom. The zero-order chi connectivity index (χ0) is 16.7. The fourth-order valence-electron chi connectivity index (χ4n) is 3.05. The van der Waals surface area contributed by atoms with Gasteiger partial charge in [-0.25, -0.2) is 23.3 Å². The van der Waals surface area contributed by atoms with Gasteiger partial charge < -0.3 is 10.6 Å². The lowest BCUT2D eigenvalue weighted by molar-refractivity contribution is 0.615. The summed E-state index contributed by atoms with van der Waals surface area (Å²) in [6, 6.07) is 6.25. The van der Waals surface area contributed by atoms with Crippen LogP contribution in [0.2, 0.25) is 0 Å². The second-order valence-corrected chi connectivity index (χ2v) is 6.01. The molecule has 3 heterocycles. The van der Waals surface area contributed by atoms with E-state index in [1.807, 2.05) is 4.90 Å². The Balaban J connectivity index is 1.75. The standard InChI is InChI=1S/C16H17FN6O/c17-12-3-1-2-11(8-12)9-23-16(24)22-7-5-19-14(15(22)20-23)21-6-4-13(18)10-21/h1-3,5,7-8,13H,4,6,9-10,18H2/t13-/m0/s1. The summed E-state index contributed by atoms with van der Waals surface area (Å²) in [7, 11) is 0. The molecule has 1 aromatic carbocycles. The quantitative estimate of drug-likeness (QED) is 0.762. The van der Waals surface area contributed by atoms with Crippen LogP contribution in [0.25, 0.3) is 5.65 Å². The van der Waals surface area contributed by atoms with Crippen LogP contribution < -0.4 is 16.3 Å². The topological polar surface area (TPSA) is 81.5 Å². The summed E-state index contributed by atoms with van der Waals surface area (Å²) in [5.74, 6) is 0.318. The third kappa shape index (κ3) is 2.54. The molecule has 4 rings (SSSR count). The maximum atomic E-state index is 13.3. The van der Waals surface area contributed by atoms with Gasteiger partial charge in [0.25, 0.3) is 0 Å². The molecule has 0 amide bonds. The first-order valence-corrected chi connectivity index (χ1v) is 7.81. The number of benzene rings is 1. The number of nitrogens with zero attached hydrogens (tertiary/aromatic N) is 5. The summed E-state index contributed by atoms with van der Waals surface area (Å²) in [6.45, 7) is 1.69. The molecule has 1 fully saturated rings. The summed E-state index contributed by atoms with van der Waals surface area (Å²) < 4.78 is 16.1. The third-order valence-electron chi connectivity index (χ3n) is 4.23. The molecule has 1 atom stereocenters. The highest BCUT2D eigenvalue weighted by Gasteiger charge is 2.24. The number of hydrogen-bond acceptors (Lipinski definition) is 5. The summed E-state index contributed by atoms with van der Waals surface area (Å²) in [6.07, 6.45) is 4.06. The molecule has 8 heteroatoms. The van der Waals surface area contributed by atoms with E-state index in [1.54, 1.807) is 24.5 Å². The number of halogens is 1. The average Bonchev–Trinajstić information content (AvgIpc) is 3.12. The van der Waals surface area contributed by atoms with E-state index in [1.165, 1.54) is 21.2 Å². The number of hydrogen-bond donors (Lipinski definition) is 1. The van der Waals surface area contributed by atoms with Gasteiger partial charge in [-0.1, -0.05) is 12.1 Å². The normalized spacial score (nSPS) is 17.8. The summed E-state index contributed by atoms with van der Waals surface area (Å²) in [5, 5.41) is 4.41. The van der Waals surface area contributed by atoms with Crippen molar-refractivity contribution in [3.05, 3.63) is 58.5 Å². The minimum absolute atomic E-state index is 0.105. The van der Waals surface area contributed by atoms with Crippen LogP contribution >= 0.6 is 0 Å². The van der Waals surface area contributed by atoms with E-state index in [2.05, 4.69) is 10.1 Å². The van der Waals surface area contributed by atoms with E-state index in [0.29, 0.717) is 23.6 Å². The van der Waals surface area contributed by atoms with Gasteiger partial charge in [-0.15, -0.1) is 5.10 Å². The van der Waals surface area contributed by atoms with E-state index in [-0.39, 0.29) is 24.1 Å². The molecule has 3 aromatic rings. The molecule has 2 aromatic heterocycles. The molecule has 2 N–H and O–H groups in total. The Morgan fingerprint density at radius 1 is 1.38 bits per heavy atom. The minimum atomic E-state index is -0.335. The molecule has 0 saturated carbocycles. The Kier molecular flexibility index (Phi) is 3.53. The molecular weight excluding hydrogens is 311 g/mol. The van der Waals surface area contributed by atoms with Crippen LogP contribution in [-0.2, 0) is 6.54 Å². The van der Waals surface area contributed by atoms with Crippen LogP contribution in [0.1, 0.15) is 12.0 Å². The monoisotopic (exact) mass is 328 g/mol. The maximum absolute atomic E-state index is 13.3. The van der Waals surface area contributed by atoms with Crippen LogP contribution in [0.4, 0.5) is 10.2 Å². The van der Waals surface area contributed by atoms with Crippen molar-refractivity contribution in [1.29, 1.82) is 0 Å². The van der Waals surface area contributed by atoms with Gasteiger partial charge in [0.05, 0.1) is 6.54 Å². The molecule has 7 nitrogen and oxygen atoms in total. The van der Waals surface area contributed by atoms with Gasteiger partial charge in [0.15, 0.2) is 5.82 Å². The molecular formula is C16H17FN6O. The highest BCUT2D eigenvalue weighted by Crippen LogP contribution is 2.20. The molecule has 0 aliphatic carbocycles. The van der Waals surface area contributed by atoms with Gasteiger partial charge in [-0.2, -0.15) is 0 Å². The summed E-state index contributed by atoms with van der Waals surface area (Å²) >= 11 is 0. The predicted molar refractivity (Wildman–Crippen MR) is 87.6 cm³/mol. The van der Waals surface area contributed by atoms with Gasteiger partial charge in [0, 0.05) is 31.5 Å². The molecule has 124 valence electrons. The van der Waals surface area contributed by atoms with E-state index in [4.69, 9.17) is 5.73 Å². The molecule has 0 radical (unpaired) electrons. The van der Waals surface area contributed by atoms with Crippen molar-refractivity contribution in [1.82, 2.24) is 19.2 Å². The summed E-state index contributed by atoms with van der Waals surface area (Å²) in [4.78, 5) is 19.0. The van der Waals surface area contributed by atoms with Crippen molar-refractivity contribution in [2.45, 2.75) is 19.0 Å². The van der Waals surface area contributed by atoms with E-state index in [9.17, 15) is 9.18 Å². The second kappa shape index (κ2) is 5.72. The van der Waals surface area contributed by atoms with Crippen LogP contribution in [0, 0.1) is 5.82 Å². The fraction of sp³-hybridized carbons (Fsp3) is 0.312. The highest BCUT2D eigenvalue weighted by atomic mass is 19.1. The molecule has 0 bridgehead atoms. The minimum Gasteiger partial charge on any atom is -0.352 e. The number of nitrogens with two attached hydrogens (primary N) is 1. The molecule has 1 aliphatic heterocycles. The van der Waals surface area contributed by atoms with Crippen molar-refractivity contribution >= 4 is 11.5 Å². The van der Waals surface area contributed by atoms with Gasteiger partial charge in [-0.05, 0) is 24.1 Å².